The van der Waals surface area contributed by atoms with E-state index in [1.807, 2.05) is 18.2 Å². The molecule has 1 aliphatic rings. The summed E-state index contributed by atoms with van der Waals surface area (Å²) in [6.45, 7) is 2.68. The van der Waals surface area contributed by atoms with E-state index in [-0.39, 0.29) is 12.6 Å². The zero-order valence-electron chi connectivity index (χ0n) is 13.3. The molecule has 2 aromatic heterocycles. The third kappa shape index (κ3) is 3.22. The first-order chi connectivity index (χ1) is 11.5. The fourth-order valence-electron chi connectivity index (χ4n) is 2.70. The number of hydrogen-bond acceptors (Lipinski definition) is 4. The summed E-state index contributed by atoms with van der Waals surface area (Å²) >= 11 is 0. The van der Waals surface area contributed by atoms with Crippen LogP contribution in [0.15, 0.2) is 36.8 Å². The Labute approximate surface area is 139 Å². The second kappa shape index (κ2) is 6.31. The van der Waals surface area contributed by atoms with E-state index in [0.29, 0.717) is 25.3 Å². The number of carboxylic acids is 1. The third-order valence-electron chi connectivity index (χ3n) is 4.27. The van der Waals surface area contributed by atoms with E-state index in [2.05, 4.69) is 15.4 Å². The molecule has 1 fully saturated rings. The van der Waals surface area contributed by atoms with Crippen molar-refractivity contribution in [3.63, 3.8) is 0 Å². The van der Waals surface area contributed by atoms with Crippen molar-refractivity contribution in [2.75, 3.05) is 13.1 Å². The van der Waals surface area contributed by atoms with Crippen molar-refractivity contribution >= 4 is 12.0 Å². The minimum atomic E-state index is -0.865. The van der Waals surface area contributed by atoms with Gasteiger partial charge in [0.2, 0.25) is 0 Å². The third-order valence-corrected chi connectivity index (χ3v) is 4.27. The molecule has 2 N–H and O–H groups in total. The van der Waals surface area contributed by atoms with Gasteiger partial charge in [-0.1, -0.05) is 0 Å². The summed E-state index contributed by atoms with van der Waals surface area (Å²) in [6, 6.07) is 5.22. The molecule has 0 aliphatic carbocycles. The van der Waals surface area contributed by atoms with Crippen molar-refractivity contribution in [1.82, 2.24) is 25.0 Å². The Kier molecular flexibility index (Phi) is 4.20. The lowest BCUT2D eigenvalue weighted by atomic mass is 9.90. The minimum Gasteiger partial charge on any atom is -0.481 e. The minimum absolute atomic E-state index is 0.225. The van der Waals surface area contributed by atoms with Gasteiger partial charge in [-0.15, -0.1) is 0 Å². The lowest BCUT2D eigenvalue weighted by Crippen LogP contribution is -2.40. The molecule has 8 heteroatoms. The molecule has 2 aromatic rings. The van der Waals surface area contributed by atoms with Crippen LogP contribution in [0, 0.1) is 5.41 Å². The fourth-order valence-corrected chi connectivity index (χ4v) is 2.70. The van der Waals surface area contributed by atoms with Crippen molar-refractivity contribution in [3.8, 4) is 5.82 Å². The Morgan fingerprint density at radius 3 is 2.92 bits per heavy atom. The average Bonchev–Trinajstić information content (AvgIpc) is 3.23. The number of aromatic nitrogens is 3. The molecule has 1 atom stereocenters. The summed E-state index contributed by atoms with van der Waals surface area (Å²) in [6.07, 6.45) is 5.59. The van der Waals surface area contributed by atoms with Crippen LogP contribution in [0.3, 0.4) is 0 Å². The summed E-state index contributed by atoms with van der Waals surface area (Å²) in [4.78, 5) is 29.3. The van der Waals surface area contributed by atoms with Gasteiger partial charge in [0.1, 0.15) is 0 Å². The molecule has 3 heterocycles. The van der Waals surface area contributed by atoms with Crippen molar-refractivity contribution in [2.45, 2.75) is 19.9 Å². The zero-order chi connectivity index (χ0) is 17.2. The van der Waals surface area contributed by atoms with Gasteiger partial charge in [-0.05, 0) is 37.1 Å². The van der Waals surface area contributed by atoms with Gasteiger partial charge in [-0.25, -0.2) is 14.5 Å². The molecule has 0 saturated carbocycles. The van der Waals surface area contributed by atoms with E-state index in [9.17, 15) is 14.7 Å². The standard InChI is InChI=1S/C16H19N5O3/c1-16(14(22)23)4-8-20(11-16)15(24)18-10-12-3-6-17-13(9-12)21-7-2-5-19-21/h2-3,5-7,9H,4,8,10-11H2,1H3,(H,18,24)(H,22,23). The maximum atomic E-state index is 12.2. The average molecular weight is 329 g/mol. The van der Waals surface area contributed by atoms with E-state index < -0.39 is 11.4 Å². The molecule has 0 spiro atoms. The van der Waals surface area contributed by atoms with Crippen molar-refractivity contribution in [1.29, 1.82) is 0 Å². The summed E-state index contributed by atoms with van der Waals surface area (Å²) in [7, 11) is 0. The number of pyridine rings is 1. The van der Waals surface area contributed by atoms with Crippen LogP contribution in [0.2, 0.25) is 0 Å². The summed E-state index contributed by atoms with van der Waals surface area (Å²) in [5, 5.41) is 16.2. The van der Waals surface area contributed by atoms with Crippen LogP contribution >= 0.6 is 0 Å². The van der Waals surface area contributed by atoms with Crippen LogP contribution in [0.1, 0.15) is 18.9 Å². The molecule has 0 radical (unpaired) electrons. The molecule has 1 unspecified atom stereocenters. The largest absolute Gasteiger partial charge is 0.481 e. The number of carbonyl (C=O) groups excluding carboxylic acids is 1. The predicted octanol–water partition coefficient (Wildman–Crippen LogP) is 1.27. The van der Waals surface area contributed by atoms with Crippen molar-refractivity contribution in [3.05, 3.63) is 42.4 Å². The van der Waals surface area contributed by atoms with Gasteiger partial charge in [0.05, 0.1) is 5.41 Å². The van der Waals surface area contributed by atoms with Crippen LogP contribution in [-0.4, -0.2) is 49.9 Å². The molecule has 24 heavy (non-hydrogen) atoms. The maximum Gasteiger partial charge on any atom is 0.317 e. The number of aliphatic carboxylic acids is 1. The van der Waals surface area contributed by atoms with Gasteiger partial charge in [-0.3, -0.25) is 4.79 Å². The molecule has 8 nitrogen and oxygen atoms in total. The smallest absolute Gasteiger partial charge is 0.317 e. The molecule has 1 saturated heterocycles. The number of rotatable bonds is 4. The molecule has 1 aliphatic heterocycles. The molecule has 3 rings (SSSR count). The molecule has 126 valence electrons. The Balaban J connectivity index is 1.59. The highest BCUT2D eigenvalue weighted by molar-refractivity contribution is 5.79. The fraction of sp³-hybridized carbons (Fsp3) is 0.375. The van der Waals surface area contributed by atoms with Crippen LogP contribution in [-0.2, 0) is 11.3 Å². The summed E-state index contributed by atoms with van der Waals surface area (Å²) in [5.74, 6) is -0.192. The molecule has 2 amide bonds. The number of nitrogens with one attached hydrogen (secondary N) is 1. The van der Waals surface area contributed by atoms with E-state index in [1.54, 1.807) is 35.1 Å². The van der Waals surface area contributed by atoms with Gasteiger partial charge >= 0.3 is 12.0 Å². The summed E-state index contributed by atoms with van der Waals surface area (Å²) in [5.41, 5.74) is 0.0328. The van der Waals surface area contributed by atoms with Gasteiger partial charge in [0, 0.05) is 38.2 Å². The summed E-state index contributed by atoms with van der Waals surface area (Å²) < 4.78 is 1.64. The Morgan fingerprint density at radius 2 is 2.25 bits per heavy atom. The second-order valence-corrected chi connectivity index (χ2v) is 6.17. The second-order valence-electron chi connectivity index (χ2n) is 6.17. The highest BCUT2D eigenvalue weighted by atomic mass is 16.4. The monoisotopic (exact) mass is 329 g/mol. The Hall–Kier alpha value is -2.90. The molecule has 0 aromatic carbocycles. The van der Waals surface area contributed by atoms with Crippen molar-refractivity contribution in [2.24, 2.45) is 5.41 Å². The first kappa shape index (κ1) is 16.0. The molecule has 0 bridgehead atoms. The number of likely N-dealkylation sites (tertiary alicyclic amines) is 1. The van der Waals surface area contributed by atoms with Crippen molar-refractivity contribution < 1.29 is 14.7 Å². The molecular weight excluding hydrogens is 310 g/mol. The number of amides is 2. The normalized spacial score (nSPS) is 20.1. The Morgan fingerprint density at radius 1 is 1.42 bits per heavy atom. The first-order valence-electron chi connectivity index (χ1n) is 7.69. The van der Waals surface area contributed by atoms with Crippen LogP contribution in [0.4, 0.5) is 4.79 Å². The number of carboxylic acid groups (broad SMARTS) is 1. The SMILES string of the molecule is CC1(C(=O)O)CCN(C(=O)NCc2ccnc(-n3cccn3)c2)C1. The zero-order valence-corrected chi connectivity index (χ0v) is 13.3. The number of nitrogens with zero attached hydrogens (tertiary/aromatic N) is 4. The highest BCUT2D eigenvalue weighted by Crippen LogP contribution is 2.29. The maximum absolute atomic E-state index is 12.2. The van der Waals surface area contributed by atoms with E-state index in [4.69, 9.17) is 0 Å². The molecular formula is C16H19N5O3. The van der Waals surface area contributed by atoms with E-state index in [1.165, 1.54) is 0 Å². The van der Waals surface area contributed by atoms with Crippen LogP contribution < -0.4 is 5.32 Å². The Bertz CT molecular complexity index is 746. The first-order valence-corrected chi connectivity index (χ1v) is 7.69. The highest BCUT2D eigenvalue weighted by Gasteiger charge is 2.42. The lowest BCUT2D eigenvalue weighted by molar-refractivity contribution is -0.147. The lowest BCUT2D eigenvalue weighted by Gasteiger charge is -2.20. The quantitative estimate of drug-likeness (QED) is 0.880. The number of hydrogen-bond donors (Lipinski definition) is 2. The van der Waals surface area contributed by atoms with Gasteiger partial charge in [0.15, 0.2) is 5.82 Å². The number of urea groups is 1. The van der Waals surface area contributed by atoms with Crippen LogP contribution in [0.25, 0.3) is 5.82 Å². The van der Waals surface area contributed by atoms with Gasteiger partial charge in [-0.2, -0.15) is 5.10 Å². The van der Waals surface area contributed by atoms with Gasteiger partial charge < -0.3 is 15.3 Å². The topological polar surface area (TPSA) is 100 Å². The van der Waals surface area contributed by atoms with E-state index >= 15 is 0 Å². The van der Waals surface area contributed by atoms with Gasteiger partial charge in [0.25, 0.3) is 0 Å². The van der Waals surface area contributed by atoms with E-state index in [0.717, 1.165) is 5.56 Å². The number of carbonyl (C=O) groups is 2. The van der Waals surface area contributed by atoms with Crippen LogP contribution in [0.5, 0.6) is 0 Å². The predicted molar refractivity (Wildman–Crippen MR) is 85.5 cm³/mol.